The number of nitrogens with two attached hydrogens (primary N) is 1. The van der Waals surface area contributed by atoms with E-state index < -0.39 is 0 Å². The van der Waals surface area contributed by atoms with Crippen molar-refractivity contribution >= 4 is 5.71 Å². The molecular formula is C6H12N2. The smallest absolute Gasteiger partial charge is 0.0858 e. The highest BCUT2D eigenvalue weighted by Crippen LogP contribution is 2.13. The summed E-state index contributed by atoms with van der Waals surface area (Å²) < 4.78 is 0. The summed E-state index contributed by atoms with van der Waals surface area (Å²) in [6, 6.07) is 0. The van der Waals surface area contributed by atoms with Crippen molar-refractivity contribution in [3.05, 3.63) is 0 Å². The van der Waals surface area contributed by atoms with Crippen LogP contribution in [-0.4, -0.2) is 12.4 Å². The lowest BCUT2D eigenvalue weighted by molar-refractivity contribution is 0.886. The van der Waals surface area contributed by atoms with E-state index in [1.165, 1.54) is 31.4 Å². The zero-order valence-electron chi connectivity index (χ0n) is 5.06. The molecule has 0 amide bonds. The van der Waals surface area contributed by atoms with E-state index in [-0.39, 0.29) is 0 Å². The standard InChI is InChI=1S/C6H12N2/c7-5-8-6-3-1-2-4-6/h1-5,7H2. The summed E-state index contributed by atoms with van der Waals surface area (Å²) >= 11 is 0. The zero-order valence-corrected chi connectivity index (χ0v) is 5.06. The molecule has 0 bridgehead atoms. The van der Waals surface area contributed by atoms with Crippen molar-refractivity contribution < 1.29 is 0 Å². The van der Waals surface area contributed by atoms with Crippen LogP contribution >= 0.6 is 0 Å². The average molecular weight is 112 g/mol. The second-order valence-corrected chi connectivity index (χ2v) is 2.11. The summed E-state index contributed by atoms with van der Waals surface area (Å²) in [6.45, 7) is 0.481. The predicted octanol–water partition coefficient (Wildman–Crippen LogP) is 0.918. The van der Waals surface area contributed by atoms with Crippen LogP contribution in [0.15, 0.2) is 4.99 Å². The second-order valence-electron chi connectivity index (χ2n) is 2.11. The Morgan fingerprint density at radius 3 is 2.50 bits per heavy atom. The van der Waals surface area contributed by atoms with Crippen molar-refractivity contribution in [1.29, 1.82) is 0 Å². The Hall–Kier alpha value is -0.370. The van der Waals surface area contributed by atoms with Crippen LogP contribution in [0.3, 0.4) is 0 Å². The van der Waals surface area contributed by atoms with Gasteiger partial charge >= 0.3 is 0 Å². The molecule has 1 aliphatic rings. The molecule has 1 aliphatic carbocycles. The molecule has 1 rings (SSSR count). The fourth-order valence-corrected chi connectivity index (χ4v) is 1.07. The van der Waals surface area contributed by atoms with E-state index >= 15 is 0 Å². The highest BCUT2D eigenvalue weighted by molar-refractivity contribution is 5.85. The van der Waals surface area contributed by atoms with Crippen molar-refractivity contribution in [2.75, 3.05) is 6.67 Å². The third-order valence-electron chi connectivity index (χ3n) is 1.50. The third-order valence-corrected chi connectivity index (χ3v) is 1.50. The van der Waals surface area contributed by atoms with Crippen LogP contribution in [0.25, 0.3) is 0 Å². The van der Waals surface area contributed by atoms with Gasteiger partial charge in [-0.1, -0.05) is 0 Å². The van der Waals surface area contributed by atoms with Crippen molar-refractivity contribution in [2.45, 2.75) is 25.7 Å². The van der Waals surface area contributed by atoms with Crippen molar-refractivity contribution in [2.24, 2.45) is 10.7 Å². The fraction of sp³-hybridized carbons (Fsp3) is 0.833. The van der Waals surface area contributed by atoms with Crippen LogP contribution in [0.4, 0.5) is 0 Å². The van der Waals surface area contributed by atoms with Gasteiger partial charge in [0.2, 0.25) is 0 Å². The van der Waals surface area contributed by atoms with Gasteiger partial charge < -0.3 is 5.73 Å². The van der Waals surface area contributed by atoms with Crippen LogP contribution in [0.2, 0.25) is 0 Å². The number of hydrogen-bond donors (Lipinski definition) is 1. The number of hydrogen-bond acceptors (Lipinski definition) is 2. The van der Waals surface area contributed by atoms with E-state index in [4.69, 9.17) is 5.73 Å². The molecule has 2 N–H and O–H groups in total. The highest BCUT2D eigenvalue weighted by Gasteiger charge is 2.05. The summed E-state index contributed by atoms with van der Waals surface area (Å²) in [6.07, 6.45) is 5.02. The first kappa shape index (κ1) is 5.76. The summed E-state index contributed by atoms with van der Waals surface area (Å²) in [7, 11) is 0. The van der Waals surface area contributed by atoms with E-state index in [0.29, 0.717) is 6.67 Å². The number of nitrogens with zero attached hydrogens (tertiary/aromatic N) is 1. The maximum absolute atomic E-state index is 5.22. The Balaban J connectivity index is 2.33. The predicted molar refractivity (Wildman–Crippen MR) is 35.0 cm³/mol. The minimum atomic E-state index is 0.481. The van der Waals surface area contributed by atoms with Crippen LogP contribution < -0.4 is 5.73 Å². The molecule has 0 heterocycles. The fourth-order valence-electron chi connectivity index (χ4n) is 1.07. The summed E-state index contributed by atoms with van der Waals surface area (Å²) in [4.78, 5) is 4.12. The molecule has 0 aliphatic heterocycles. The Labute approximate surface area is 49.8 Å². The molecule has 0 atom stereocenters. The Morgan fingerprint density at radius 1 is 1.38 bits per heavy atom. The van der Waals surface area contributed by atoms with Gasteiger partial charge in [-0.15, -0.1) is 0 Å². The van der Waals surface area contributed by atoms with Crippen molar-refractivity contribution in [1.82, 2.24) is 0 Å². The molecule has 0 aromatic rings. The van der Waals surface area contributed by atoms with Gasteiger partial charge in [0.15, 0.2) is 0 Å². The van der Waals surface area contributed by atoms with E-state index in [2.05, 4.69) is 4.99 Å². The largest absolute Gasteiger partial charge is 0.312 e. The molecule has 8 heavy (non-hydrogen) atoms. The molecule has 1 fully saturated rings. The van der Waals surface area contributed by atoms with E-state index in [0.717, 1.165) is 0 Å². The molecule has 1 saturated carbocycles. The van der Waals surface area contributed by atoms with Gasteiger partial charge in [-0.3, -0.25) is 4.99 Å². The minimum Gasteiger partial charge on any atom is -0.312 e. The third kappa shape index (κ3) is 1.30. The Kier molecular flexibility index (Phi) is 2.03. The summed E-state index contributed by atoms with van der Waals surface area (Å²) in [5, 5.41) is 0. The van der Waals surface area contributed by atoms with Gasteiger partial charge in [0, 0.05) is 5.71 Å². The van der Waals surface area contributed by atoms with Crippen molar-refractivity contribution in [3.63, 3.8) is 0 Å². The lowest BCUT2D eigenvalue weighted by Gasteiger charge is -1.88. The monoisotopic (exact) mass is 112 g/mol. The van der Waals surface area contributed by atoms with Crippen molar-refractivity contribution in [3.8, 4) is 0 Å². The molecule has 0 aromatic carbocycles. The van der Waals surface area contributed by atoms with Gasteiger partial charge in [0.05, 0.1) is 6.67 Å². The maximum Gasteiger partial charge on any atom is 0.0858 e. The quantitative estimate of drug-likeness (QED) is 0.538. The van der Waals surface area contributed by atoms with Crippen LogP contribution in [0.5, 0.6) is 0 Å². The molecule has 0 spiro atoms. The maximum atomic E-state index is 5.22. The highest BCUT2D eigenvalue weighted by atomic mass is 14.9. The first-order valence-corrected chi connectivity index (χ1v) is 3.16. The van der Waals surface area contributed by atoms with Gasteiger partial charge in [0.1, 0.15) is 0 Å². The van der Waals surface area contributed by atoms with Crippen LogP contribution in [0, 0.1) is 0 Å². The molecule has 0 aromatic heterocycles. The minimum absolute atomic E-state index is 0.481. The van der Waals surface area contributed by atoms with E-state index in [9.17, 15) is 0 Å². The molecule has 0 radical (unpaired) electrons. The second kappa shape index (κ2) is 2.82. The first-order valence-electron chi connectivity index (χ1n) is 3.16. The summed E-state index contributed by atoms with van der Waals surface area (Å²) in [5.74, 6) is 0. The van der Waals surface area contributed by atoms with Gasteiger partial charge in [-0.2, -0.15) is 0 Å². The Morgan fingerprint density at radius 2 is 2.00 bits per heavy atom. The average Bonchev–Trinajstić information content (AvgIpc) is 2.19. The first-order chi connectivity index (χ1) is 3.93. The molecule has 0 saturated heterocycles. The van der Waals surface area contributed by atoms with Gasteiger partial charge in [-0.05, 0) is 25.7 Å². The normalized spacial score (nSPS) is 19.4. The molecule has 2 nitrogen and oxygen atoms in total. The van der Waals surface area contributed by atoms with Crippen LogP contribution in [-0.2, 0) is 0 Å². The Bertz CT molecular complexity index is 88.7. The van der Waals surface area contributed by atoms with Gasteiger partial charge in [0.25, 0.3) is 0 Å². The molecule has 46 valence electrons. The van der Waals surface area contributed by atoms with E-state index in [1.54, 1.807) is 0 Å². The lowest BCUT2D eigenvalue weighted by Crippen LogP contribution is -1.98. The SMILES string of the molecule is NCN=C1CCCC1. The van der Waals surface area contributed by atoms with E-state index in [1.807, 2.05) is 0 Å². The number of rotatable bonds is 1. The lowest BCUT2D eigenvalue weighted by atomic mass is 10.3. The van der Waals surface area contributed by atoms with Gasteiger partial charge in [-0.25, -0.2) is 0 Å². The molecule has 0 unspecified atom stereocenters. The molecular weight excluding hydrogens is 100 g/mol. The zero-order chi connectivity index (χ0) is 5.82. The van der Waals surface area contributed by atoms with Crippen LogP contribution in [0.1, 0.15) is 25.7 Å². The topological polar surface area (TPSA) is 38.4 Å². The molecule has 2 heteroatoms. The number of aliphatic imine (C=N–C) groups is 1. The summed E-state index contributed by atoms with van der Waals surface area (Å²) in [5.41, 5.74) is 6.55.